The second-order valence-corrected chi connectivity index (χ2v) is 2.56. The van der Waals surface area contributed by atoms with E-state index < -0.39 is 0 Å². The highest BCUT2D eigenvalue weighted by Crippen LogP contribution is 1.88. The molecule has 0 aliphatic carbocycles. The number of carbonyl (C=O) groups excluding carboxylic acids is 1. The maximum absolute atomic E-state index is 10.7. The number of hydrogen-bond acceptors (Lipinski definition) is 3. The largest absolute Gasteiger partial charge is 0.354 e. The fourth-order valence-electron chi connectivity index (χ4n) is 0.440. The minimum atomic E-state index is 0.00255. The molecule has 1 N–H and O–H groups in total. The van der Waals surface area contributed by atoms with E-state index in [0.29, 0.717) is 18.7 Å². The molecule has 0 saturated heterocycles. The standard InChI is InChI=1S/C6H10N2OS/c1-10-5-6(9)8-4-2-3-7/h2,4-5H2,1H3,(H,8,9). The first kappa shape index (κ1) is 9.31. The predicted octanol–water partition coefficient (Wildman–Crippen LogP) is 0.379. The van der Waals surface area contributed by atoms with Crippen LogP contribution < -0.4 is 5.32 Å². The third-order valence-corrected chi connectivity index (χ3v) is 1.39. The molecule has 0 rings (SSSR count). The molecule has 0 heterocycles. The van der Waals surface area contributed by atoms with Crippen LogP contribution in [0.1, 0.15) is 6.42 Å². The van der Waals surface area contributed by atoms with Crippen molar-refractivity contribution in [2.45, 2.75) is 6.42 Å². The van der Waals surface area contributed by atoms with E-state index in [1.807, 2.05) is 12.3 Å². The average Bonchev–Trinajstić information content (AvgIpc) is 1.89. The second-order valence-electron chi connectivity index (χ2n) is 1.69. The zero-order valence-corrected chi connectivity index (χ0v) is 6.70. The molecule has 4 heteroatoms. The molecule has 0 radical (unpaired) electrons. The number of nitrogens with one attached hydrogen (secondary N) is 1. The third-order valence-electron chi connectivity index (χ3n) is 0.834. The summed E-state index contributed by atoms with van der Waals surface area (Å²) in [6, 6.07) is 1.94. The summed E-state index contributed by atoms with van der Waals surface area (Å²) in [5, 5.41) is 10.7. The van der Waals surface area contributed by atoms with Crippen LogP contribution >= 0.6 is 11.8 Å². The van der Waals surface area contributed by atoms with Crippen LogP contribution in [-0.4, -0.2) is 24.5 Å². The molecule has 10 heavy (non-hydrogen) atoms. The first-order valence-corrected chi connectivity index (χ1v) is 4.33. The molecule has 0 atom stereocenters. The highest BCUT2D eigenvalue weighted by atomic mass is 32.2. The van der Waals surface area contributed by atoms with Crippen LogP contribution in [-0.2, 0) is 4.79 Å². The van der Waals surface area contributed by atoms with E-state index in [0.717, 1.165) is 0 Å². The molecule has 0 fully saturated rings. The van der Waals surface area contributed by atoms with Gasteiger partial charge in [0.2, 0.25) is 5.91 Å². The normalized spacial score (nSPS) is 8.40. The van der Waals surface area contributed by atoms with Crippen LogP contribution in [0, 0.1) is 11.3 Å². The first-order chi connectivity index (χ1) is 4.81. The van der Waals surface area contributed by atoms with Crippen LogP contribution in [0.2, 0.25) is 0 Å². The van der Waals surface area contributed by atoms with Crippen molar-refractivity contribution in [2.24, 2.45) is 0 Å². The van der Waals surface area contributed by atoms with Crippen molar-refractivity contribution in [1.29, 1.82) is 5.26 Å². The molecule has 0 saturated carbocycles. The lowest BCUT2D eigenvalue weighted by Gasteiger charge is -1.98. The van der Waals surface area contributed by atoms with Crippen molar-refractivity contribution < 1.29 is 4.79 Å². The van der Waals surface area contributed by atoms with Crippen LogP contribution in [0.15, 0.2) is 0 Å². The third kappa shape index (κ3) is 5.45. The number of thioether (sulfide) groups is 1. The van der Waals surface area contributed by atoms with Gasteiger partial charge in [-0.25, -0.2) is 0 Å². The van der Waals surface area contributed by atoms with Crippen LogP contribution in [0.5, 0.6) is 0 Å². The summed E-state index contributed by atoms with van der Waals surface area (Å²) in [4.78, 5) is 10.7. The van der Waals surface area contributed by atoms with Crippen LogP contribution in [0.25, 0.3) is 0 Å². The Kier molecular flexibility index (Phi) is 5.99. The molecular weight excluding hydrogens is 148 g/mol. The molecule has 1 amide bonds. The molecule has 3 nitrogen and oxygen atoms in total. The Labute approximate surface area is 64.8 Å². The molecule has 56 valence electrons. The van der Waals surface area contributed by atoms with Crippen molar-refractivity contribution in [2.75, 3.05) is 18.6 Å². The van der Waals surface area contributed by atoms with E-state index in [-0.39, 0.29) is 5.91 Å². The van der Waals surface area contributed by atoms with Crippen LogP contribution in [0.3, 0.4) is 0 Å². The second kappa shape index (κ2) is 6.43. The van der Waals surface area contributed by atoms with Gasteiger partial charge in [0.15, 0.2) is 0 Å². The number of nitriles is 1. The molecule has 0 spiro atoms. The van der Waals surface area contributed by atoms with E-state index in [2.05, 4.69) is 5.32 Å². The number of nitrogens with zero attached hydrogens (tertiary/aromatic N) is 1. The van der Waals surface area contributed by atoms with Crippen molar-refractivity contribution in [3.05, 3.63) is 0 Å². The average molecular weight is 158 g/mol. The maximum atomic E-state index is 10.7. The summed E-state index contributed by atoms with van der Waals surface area (Å²) in [5.74, 6) is 0.480. The number of carbonyl (C=O) groups is 1. The van der Waals surface area contributed by atoms with Crippen molar-refractivity contribution in [1.82, 2.24) is 5.32 Å². The van der Waals surface area contributed by atoms with Gasteiger partial charge in [-0.05, 0) is 6.26 Å². The predicted molar refractivity (Wildman–Crippen MR) is 41.6 cm³/mol. The fourth-order valence-corrected chi connectivity index (χ4v) is 0.804. The summed E-state index contributed by atoms with van der Waals surface area (Å²) in [6.07, 6.45) is 2.25. The molecule has 0 unspecified atom stereocenters. The highest BCUT2D eigenvalue weighted by Gasteiger charge is 1.95. The van der Waals surface area contributed by atoms with Gasteiger partial charge in [-0.15, -0.1) is 0 Å². The van der Waals surface area contributed by atoms with Crippen molar-refractivity contribution in [3.8, 4) is 6.07 Å². The van der Waals surface area contributed by atoms with Gasteiger partial charge < -0.3 is 5.32 Å². The summed E-state index contributed by atoms with van der Waals surface area (Å²) < 4.78 is 0. The maximum Gasteiger partial charge on any atom is 0.230 e. The van der Waals surface area contributed by atoms with E-state index in [4.69, 9.17) is 5.26 Å². The van der Waals surface area contributed by atoms with Gasteiger partial charge in [0, 0.05) is 6.54 Å². The van der Waals surface area contributed by atoms with Crippen LogP contribution in [0.4, 0.5) is 0 Å². The van der Waals surface area contributed by atoms with E-state index >= 15 is 0 Å². The van der Waals surface area contributed by atoms with Gasteiger partial charge >= 0.3 is 0 Å². The first-order valence-electron chi connectivity index (χ1n) is 2.94. The summed E-state index contributed by atoms with van der Waals surface area (Å²) >= 11 is 1.47. The lowest BCUT2D eigenvalue weighted by atomic mass is 10.4. The van der Waals surface area contributed by atoms with E-state index in [1.54, 1.807) is 0 Å². The molecule has 0 aromatic rings. The van der Waals surface area contributed by atoms with Gasteiger partial charge in [-0.2, -0.15) is 17.0 Å². The lowest BCUT2D eigenvalue weighted by Crippen LogP contribution is -2.25. The smallest absolute Gasteiger partial charge is 0.230 e. The van der Waals surface area contributed by atoms with Crippen molar-refractivity contribution in [3.63, 3.8) is 0 Å². The van der Waals surface area contributed by atoms with Crippen molar-refractivity contribution >= 4 is 17.7 Å². The lowest BCUT2D eigenvalue weighted by molar-refractivity contribution is -0.118. The number of rotatable bonds is 4. The zero-order chi connectivity index (χ0) is 7.82. The Morgan fingerprint density at radius 1 is 1.80 bits per heavy atom. The summed E-state index contributed by atoms with van der Waals surface area (Å²) in [5.41, 5.74) is 0. The minimum absolute atomic E-state index is 0.00255. The fraction of sp³-hybridized carbons (Fsp3) is 0.667. The Hall–Kier alpha value is -0.690. The highest BCUT2D eigenvalue weighted by molar-refractivity contribution is 7.99. The van der Waals surface area contributed by atoms with Gasteiger partial charge in [-0.3, -0.25) is 4.79 Å². The number of hydrogen-bond donors (Lipinski definition) is 1. The van der Waals surface area contributed by atoms with Gasteiger partial charge in [0.1, 0.15) is 0 Å². The summed E-state index contributed by atoms with van der Waals surface area (Å²) in [7, 11) is 0. The molecule has 0 aliphatic rings. The van der Waals surface area contributed by atoms with E-state index in [9.17, 15) is 4.79 Å². The molecule has 0 bridgehead atoms. The Morgan fingerprint density at radius 2 is 2.50 bits per heavy atom. The zero-order valence-electron chi connectivity index (χ0n) is 5.89. The Balaban J connectivity index is 3.15. The SMILES string of the molecule is CSCC(=O)NCCC#N. The molecular formula is C6H10N2OS. The molecule has 0 aromatic heterocycles. The van der Waals surface area contributed by atoms with Gasteiger partial charge in [0.05, 0.1) is 18.2 Å². The minimum Gasteiger partial charge on any atom is -0.354 e. The Bertz CT molecular complexity index is 141. The molecule has 0 aromatic carbocycles. The van der Waals surface area contributed by atoms with Gasteiger partial charge in [0.25, 0.3) is 0 Å². The molecule has 0 aliphatic heterocycles. The summed E-state index contributed by atoms with van der Waals surface area (Å²) in [6.45, 7) is 0.468. The Morgan fingerprint density at radius 3 is 3.00 bits per heavy atom. The monoisotopic (exact) mass is 158 g/mol. The number of amides is 1. The van der Waals surface area contributed by atoms with E-state index in [1.165, 1.54) is 11.8 Å². The quantitative estimate of drug-likeness (QED) is 0.602. The topological polar surface area (TPSA) is 52.9 Å². The van der Waals surface area contributed by atoms with Gasteiger partial charge in [-0.1, -0.05) is 0 Å².